The Morgan fingerprint density at radius 3 is 2.19 bits per heavy atom. The molecule has 0 aromatic heterocycles. The van der Waals surface area contributed by atoms with Crippen molar-refractivity contribution in [2.24, 2.45) is 11.8 Å². The standard InChI is InChI=1S/C18H31BrN2/c1-6-9-20-11-16-7-8-18(17(19)10-16)21(12-14(2)3)13-15(4)5/h7-8,10,14-15,20H,6,9,11-13H2,1-5H3. The Morgan fingerprint density at radius 2 is 1.71 bits per heavy atom. The molecular formula is C18H31BrN2. The molecule has 0 aliphatic rings. The van der Waals surface area contributed by atoms with Gasteiger partial charge in [-0.2, -0.15) is 0 Å². The van der Waals surface area contributed by atoms with E-state index < -0.39 is 0 Å². The first kappa shape index (κ1) is 18.5. The van der Waals surface area contributed by atoms with Crippen LogP contribution in [0, 0.1) is 11.8 Å². The molecule has 0 bridgehead atoms. The molecule has 0 atom stereocenters. The maximum atomic E-state index is 3.77. The third-order valence-corrected chi connectivity index (χ3v) is 3.91. The van der Waals surface area contributed by atoms with E-state index in [4.69, 9.17) is 0 Å². The Hall–Kier alpha value is -0.540. The molecule has 120 valence electrons. The molecule has 0 radical (unpaired) electrons. The predicted octanol–water partition coefficient (Wildman–Crippen LogP) is 5.07. The SMILES string of the molecule is CCCNCc1ccc(N(CC(C)C)CC(C)C)c(Br)c1. The van der Waals surface area contributed by atoms with Gasteiger partial charge in [-0.05, 0) is 58.4 Å². The number of halogens is 1. The lowest BCUT2D eigenvalue weighted by Crippen LogP contribution is -2.31. The van der Waals surface area contributed by atoms with E-state index >= 15 is 0 Å². The third-order valence-electron chi connectivity index (χ3n) is 3.28. The van der Waals surface area contributed by atoms with Crippen LogP contribution in [0.1, 0.15) is 46.6 Å². The lowest BCUT2D eigenvalue weighted by Gasteiger charge is -2.29. The highest BCUT2D eigenvalue weighted by atomic mass is 79.9. The summed E-state index contributed by atoms with van der Waals surface area (Å²) >= 11 is 3.77. The predicted molar refractivity (Wildman–Crippen MR) is 98.0 cm³/mol. The Balaban J connectivity index is 2.83. The molecule has 3 heteroatoms. The molecule has 0 amide bonds. The van der Waals surface area contributed by atoms with E-state index in [0.717, 1.165) is 26.2 Å². The van der Waals surface area contributed by atoms with Crippen LogP contribution in [-0.2, 0) is 6.54 Å². The van der Waals surface area contributed by atoms with Crippen molar-refractivity contribution in [2.75, 3.05) is 24.5 Å². The second kappa shape index (κ2) is 9.47. The van der Waals surface area contributed by atoms with Crippen molar-refractivity contribution >= 4 is 21.6 Å². The average Bonchev–Trinajstić information content (AvgIpc) is 2.37. The van der Waals surface area contributed by atoms with Gasteiger partial charge in [0.2, 0.25) is 0 Å². The Morgan fingerprint density at radius 1 is 1.10 bits per heavy atom. The zero-order valence-electron chi connectivity index (χ0n) is 14.2. The number of hydrogen-bond donors (Lipinski definition) is 1. The summed E-state index contributed by atoms with van der Waals surface area (Å²) in [5.74, 6) is 1.34. The molecule has 1 N–H and O–H groups in total. The normalized spacial score (nSPS) is 11.4. The third kappa shape index (κ3) is 6.84. The molecule has 1 aromatic rings. The molecule has 0 unspecified atom stereocenters. The maximum absolute atomic E-state index is 3.77. The molecule has 2 nitrogen and oxygen atoms in total. The largest absolute Gasteiger partial charge is 0.370 e. The molecule has 0 fully saturated rings. The topological polar surface area (TPSA) is 15.3 Å². The molecular weight excluding hydrogens is 324 g/mol. The number of rotatable bonds is 9. The van der Waals surface area contributed by atoms with E-state index in [9.17, 15) is 0 Å². The minimum absolute atomic E-state index is 0.668. The fourth-order valence-corrected chi connectivity index (χ4v) is 3.16. The van der Waals surface area contributed by atoms with Gasteiger partial charge in [0.25, 0.3) is 0 Å². The maximum Gasteiger partial charge on any atom is 0.0511 e. The van der Waals surface area contributed by atoms with E-state index in [1.165, 1.54) is 22.1 Å². The smallest absolute Gasteiger partial charge is 0.0511 e. The first-order chi connectivity index (χ1) is 9.93. The Kier molecular flexibility index (Phi) is 8.35. The van der Waals surface area contributed by atoms with Gasteiger partial charge in [-0.3, -0.25) is 0 Å². The van der Waals surface area contributed by atoms with Crippen LogP contribution in [0.3, 0.4) is 0 Å². The van der Waals surface area contributed by atoms with Crippen molar-refractivity contribution in [3.05, 3.63) is 28.2 Å². The molecule has 0 heterocycles. The summed E-state index contributed by atoms with van der Waals surface area (Å²) in [6.45, 7) is 15.5. The van der Waals surface area contributed by atoms with Crippen LogP contribution in [0.5, 0.6) is 0 Å². The van der Waals surface area contributed by atoms with Crippen LogP contribution < -0.4 is 10.2 Å². The van der Waals surface area contributed by atoms with Gasteiger partial charge in [0.1, 0.15) is 0 Å². The van der Waals surface area contributed by atoms with Gasteiger partial charge in [0.15, 0.2) is 0 Å². The average molecular weight is 355 g/mol. The number of nitrogens with one attached hydrogen (secondary N) is 1. The van der Waals surface area contributed by atoms with Gasteiger partial charge < -0.3 is 10.2 Å². The van der Waals surface area contributed by atoms with E-state index in [1.54, 1.807) is 0 Å². The number of benzene rings is 1. The molecule has 1 rings (SSSR count). The van der Waals surface area contributed by atoms with Crippen LogP contribution >= 0.6 is 15.9 Å². The Labute approximate surface area is 139 Å². The fourth-order valence-electron chi connectivity index (χ4n) is 2.48. The van der Waals surface area contributed by atoms with Crippen molar-refractivity contribution in [2.45, 2.75) is 47.6 Å². The van der Waals surface area contributed by atoms with Crippen molar-refractivity contribution in [3.63, 3.8) is 0 Å². The molecule has 21 heavy (non-hydrogen) atoms. The highest BCUT2D eigenvalue weighted by molar-refractivity contribution is 9.10. The van der Waals surface area contributed by atoms with Crippen LogP contribution in [0.2, 0.25) is 0 Å². The minimum atomic E-state index is 0.668. The molecule has 0 aliphatic heterocycles. The van der Waals surface area contributed by atoms with Crippen molar-refractivity contribution in [1.82, 2.24) is 5.32 Å². The summed E-state index contributed by atoms with van der Waals surface area (Å²) in [5, 5.41) is 3.46. The number of hydrogen-bond acceptors (Lipinski definition) is 2. The van der Waals surface area contributed by atoms with Gasteiger partial charge in [0, 0.05) is 24.1 Å². The monoisotopic (exact) mass is 354 g/mol. The van der Waals surface area contributed by atoms with Crippen LogP contribution in [0.25, 0.3) is 0 Å². The zero-order valence-corrected chi connectivity index (χ0v) is 15.8. The van der Waals surface area contributed by atoms with Gasteiger partial charge >= 0.3 is 0 Å². The fraction of sp³-hybridized carbons (Fsp3) is 0.667. The summed E-state index contributed by atoms with van der Waals surface area (Å²) in [7, 11) is 0. The van der Waals surface area contributed by atoms with Gasteiger partial charge in [-0.25, -0.2) is 0 Å². The first-order valence-electron chi connectivity index (χ1n) is 8.18. The summed E-state index contributed by atoms with van der Waals surface area (Å²) in [5.41, 5.74) is 2.66. The summed E-state index contributed by atoms with van der Waals surface area (Å²) in [6, 6.07) is 6.76. The van der Waals surface area contributed by atoms with Gasteiger partial charge in [-0.15, -0.1) is 0 Å². The lowest BCUT2D eigenvalue weighted by molar-refractivity contribution is 0.552. The van der Waals surface area contributed by atoms with Gasteiger partial charge in [0.05, 0.1) is 5.69 Å². The number of anilines is 1. The number of nitrogens with zero attached hydrogens (tertiary/aromatic N) is 1. The lowest BCUT2D eigenvalue weighted by atomic mass is 10.1. The molecule has 1 aromatic carbocycles. The molecule has 0 spiro atoms. The molecule has 0 saturated carbocycles. The van der Waals surface area contributed by atoms with E-state index in [-0.39, 0.29) is 0 Å². The first-order valence-corrected chi connectivity index (χ1v) is 8.97. The van der Waals surface area contributed by atoms with Crippen LogP contribution in [0.15, 0.2) is 22.7 Å². The minimum Gasteiger partial charge on any atom is -0.370 e. The van der Waals surface area contributed by atoms with Crippen molar-refractivity contribution in [3.8, 4) is 0 Å². The van der Waals surface area contributed by atoms with Crippen LogP contribution in [-0.4, -0.2) is 19.6 Å². The second-order valence-corrected chi connectivity index (χ2v) is 7.51. The zero-order chi connectivity index (χ0) is 15.8. The van der Waals surface area contributed by atoms with E-state index in [2.05, 4.69) is 79.0 Å². The van der Waals surface area contributed by atoms with Crippen LogP contribution in [0.4, 0.5) is 5.69 Å². The summed E-state index contributed by atoms with van der Waals surface area (Å²) < 4.78 is 1.21. The molecule has 0 aliphatic carbocycles. The van der Waals surface area contributed by atoms with Crippen molar-refractivity contribution < 1.29 is 0 Å². The second-order valence-electron chi connectivity index (χ2n) is 6.66. The molecule has 0 saturated heterocycles. The summed E-state index contributed by atoms with van der Waals surface area (Å²) in [4.78, 5) is 2.50. The highest BCUT2D eigenvalue weighted by Gasteiger charge is 2.13. The van der Waals surface area contributed by atoms with E-state index in [0.29, 0.717) is 11.8 Å². The quantitative estimate of drug-likeness (QED) is 0.623. The van der Waals surface area contributed by atoms with Gasteiger partial charge in [-0.1, -0.05) is 40.7 Å². The summed E-state index contributed by atoms with van der Waals surface area (Å²) in [6.07, 6.45) is 1.18. The van der Waals surface area contributed by atoms with E-state index in [1.807, 2.05) is 0 Å². The van der Waals surface area contributed by atoms with Crippen molar-refractivity contribution in [1.29, 1.82) is 0 Å². The Bertz CT molecular complexity index is 406. The highest BCUT2D eigenvalue weighted by Crippen LogP contribution is 2.28.